The summed E-state index contributed by atoms with van der Waals surface area (Å²) >= 11 is 7.04. The van der Waals surface area contributed by atoms with E-state index in [1.54, 1.807) is 0 Å². The Kier molecular flexibility index (Phi) is 4.54. The summed E-state index contributed by atoms with van der Waals surface area (Å²) in [6, 6.07) is 4.50. The van der Waals surface area contributed by atoms with Crippen molar-refractivity contribution in [1.82, 2.24) is 4.90 Å². The summed E-state index contributed by atoms with van der Waals surface area (Å²) in [4.78, 5) is 6.11. The molecule has 0 radical (unpaired) electrons. The SMILES string of the molecule is CCc1ccc(CN2CCCC(C(N)=S)C2)s1. The molecule has 1 atom stereocenters. The molecule has 1 saturated heterocycles. The van der Waals surface area contributed by atoms with Gasteiger partial charge in [-0.2, -0.15) is 0 Å². The Bertz CT molecular complexity index is 387. The van der Waals surface area contributed by atoms with E-state index in [1.165, 1.54) is 22.7 Å². The minimum Gasteiger partial charge on any atom is -0.393 e. The van der Waals surface area contributed by atoms with Crippen LogP contribution in [0.4, 0.5) is 0 Å². The zero-order chi connectivity index (χ0) is 12.3. The van der Waals surface area contributed by atoms with Gasteiger partial charge < -0.3 is 5.73 Å². The van der Waals surface area contributed by atoms with Crippen LogP contribution in [0.2, 0.25) is 0 Å². The molecule has 1 fully saturated rings. The fraction of sp³-hybridized carbons (Fsp3) is 0.615. The molecule has 1 aliphatic heterocycles. The average molecular weight is 268 g/mol. The molecule has 0 saturated carbocycles. The number of hydrogen-bond acceptors (Lipinski definition) is 3. The van der Waals surface area contributed by atoms with E-state index in [4.69, 9.17) is 18.0 Å². The summed E-state index contributed by atoms with van der Waals surface area (Å²) in [6.45, 7) is 5.48. The van der Waals surface area contributed by atoms with E-state index >= 15 is 0 Å². The molecule has 0 amide bonds. The summed E-state index contributed by atoms with van der Waals surface area (Å²) in [5, 5.41) is 0. The van der Waals surface area contributed by atoms with Gasteiger partial charge in [0.1, 0.15) is 0 Å². The number of aryl methyl sites for hydroxylation is 1. The van der Waals surface area contributed by atoms with E-state index in [0.717, 1.165) is 25.9 Å². The Morgan fingerprint density at radius 2 is 2.29 bits per heavy atom. The lowest BCUT2D eigenvalue weighted by molar-refractivity contribution is 0.199. The number of hydrogen-bond donors (Lipinski definition) is 1. The minimum atomic E-state index is 0.421. The topological polar surface area (TPSA) is 29.3 Å². The van der Waals surface area contributed by atoms with Crippen LogP contribution in [0.3, 0.4) is 0 Å². The van der Waals surface area contributed by atoms with Gasteiger partial charge in [-0.1, -0.05) is 19.1 Å². The van der Waals surface area contributed by atoms with Gasteiger partial charge in [-0.25, -0.2) is 0 Å². The van der Waals surface area contributed by atoms with Crippen LogP contribution >= 0.6 is 23.6 Å². The molecule has 1 unspecified atom stereocenters. The van der Waals surface area contributed by atoms with Crippen LogP contribution in [0.15, 0.2) is 12.1 Å². The lowest BCUT2D eigenvalue weighted by Crippen LogP contribution is -2.39. The van der Waals surface area contributed by atoms with Crippen molar-refractivity contribution in [1.29, 1.82) is 0 Å². The molecule has 0 bridgehead atoms. The first-order valence-corrected chi connectivity index (χ1v) is 7.50. The predicted octanol–water partition coefficient (Wildman–Crippen LogP) is 2.81. The molecule has 2 nitrogen and oxygen atoms in total. The summed E-state index contributed by atoms with van der Waals surface area (Å²) in [7, 11) is 0. The van der Waals surface area contributed by atoms with E-state index in [9.17, 15) is 0 Å². The molecule has 1 aromatic rings. The highest BCUT2D eigenvalue weighted by Crippen LogP contribution is 2.22. The van der Waals surface area contributed by atoms with Crippen LogP contribution in [-0.2, 0) is 13.0 Å². The van der Waals surface area contributed by atoms with Gasteiger partial charge in [0, 0.05) is 28.8 Å². The molecule has 2 heterocycles. The fourth-order valence-electron chi connectivity index (χ4n) is 2.35. The van der Waals surface area contributed by atoms with Crippen LogP contribution in [0.5, 0.6) is 0 Å². The van der Waals surface area contributed by atoms with E-state index in [2.05, 4.69) is 24.0 Å². The van der Waals surface area contributed by atoms with Crippen LogP contribution in [0.1, 0.15) is 29.5 Å². The summed E-state index contributed by atoms with van der Waals surface area (Å²) < 4.78 is 0. The third kappa shape index (κ3) is 3.50. The van der Waals surface area contributed by atoms with Crippen molar-refractivity contribution in [3.8, 4) is 0 Å². The molecular formula is C13H20N2S2. The van der Waals surface area contributed by atoms with Gasteiger partial charge in [0.25, 0.3) is 0 Å². The third-order valence-electron chi connectivity index (χ3n) is 3.35. The summed E-state index contributed by atoms with van der Waals surface area (Å²) in [6.07, 6.45) is 3.52. The van der Waals surface area contributed by atoms with Crippen LogP contribution in [0, 0.1) is 5.92 Å². The Hall–Kier alpha value is -0.450. The van der Waals surface area contributed by atoms with E-state index in [-0.39, 0.29) is 0 Å². The second-order valence-electron chi connectivity index (χ2n) is 4.70. The van der Waals surface area contributed by atoms with Crippen molar-refractivity contribution in [2.45, 2.75) is 32.7 Å². The number of nitrogens with zero attached hydrogens (tertiary/aromatic N) is 1. The molecule has 1 aromatic heterocycles. The van der Waals surface area contributed by atoms with E-state index in [1.807, 2.05) is 11.3 Å². The lowest BCUT2D eigenvalue weighted by atomic mass is 9.98. The largest absolute Gasteiger partial charge is 0.393 e. The molecule has 1 aliphatic rings. The quantitative estimate of drug-likeness (QED) is 0.852. The van der Waals surface area contributed by atoms with Crippen LogP contribution in [-0.4, -0.2) is 23.0 Å². The number of rotatable bonds is 4. The zero-order valence-electron chi connectivity index (χ0n) is 10.3. The minimum absolute atomic E-state index is 0.421. The normalized spacial score (nSPS) is 21.6. The van der Waals surface area contributed by atoms with Crippen LogP contribution < -0.4 is 5.73 Å². The number of piperidine rings is 1. The number of thiocarbonyl (C=S) groups is 1. The van der Waals surface area contributed by atoms with Crippen molar-refractivity contribution >= 4 is 28.5 Å². The average Bonchev–Trinajstić information content (AvgIpc) is 2.77. The first-order chi connectivity index (χ1) is 8.19. The van der Waals surface area contributed by atoms with Crippen molar-refractivity contribution < 1.29 is 0 Å². The second kappa shape index (κ2) is 5.94. The first kappa shape index (κ1) is 13.0. The third-order valence-corrected chi connectivity index (χ3v) is 4.90. The molecule has 0 aromatic carbocycles. The van der Waals surface area contributed by atoms with Crippen molar-refractivity contribution in [2.24, 2.45) is 11.7 Å². The highest BCUT2D eigenvalue weighted by atomic mass is 32.1. The van der Waals surface area contributed by atoms with Gasteiger partial charge in [-0.05, 0) is 37.9 Å². The monoisotopic (exact) mass is 268 g/mol. The van der Waals surface area contributed by atoms with Crippen molar-refractivity contribution in [2.75, 3.05) is 13.1 Å². The first-order valence-electron chi connectivity index (χ1n) is 6.28. The Labute approximate surface area is 113 Å². The highest BCUT2D eigenvalue weighted by molar-refractivity contribution is 7.80. The molecule has 0 spiro atoms. The molecule has 2 N–H and O–H groups in total. The fourth-order valence-corrected chi connectivity index (χ4v) is 3.54. The van der Waals surface area contributed by atoms with Crippen molar-refractivity contribution in [3.63, 3.8) is 0 Å². The smallest absolute Gasteiger partial charge is 0.0771 e. The van der Waals surface area contributed by atoms with E-state index < -0.39 is 0 Å². The maximum atomic E-state index is 5.76. The number of likely N-dealkylation sites (tertiary alicyclic amines) is 1. The molecule has 4 heteroatoms. The highest BCUT2D eigenvalue weighted by Gasteiger charge is 2.21. The van der Waals surface area contributed by atoms with Crippen LogP contribution in [0.25, 0.3) is 0 Å². The molecule has 17 heavy (non-hydrogen) atoms. The number of nitrogens with two attached hydrogens (primary N) is 1. The van der Waals surface area contributed by atoms with Crippen molar-refractivity contribution in [3.05, 3.63) is 21.9 Å². The van der Waals surface area contributed by atoms with Gasteiger partial charge in [-0.15, -0.1) is 11.3 Å². The van der Waals surface area contributed by atoms with Gasteiger partial charge in [0.2, 0.25) is 0 Å². The maximum Gasteiger partial charge on any atom is 0.0771 e. The predicted molar refractivity (Wildman–Crippen MR) is 78.5 cm³/mol. The van der Waals surface area contributed by atoms with E-state index in [0.29, 0.717) is 10.9 Å². The molecule has 0 aliphatic carbocycles. The Morgan fingerprint density at radius 1 is 1.53 bits per heavy atom. The lowest BCUT2D eigenvalue weighted by Gasteiger charge is -2.31. The maximum absolute atomic E-state index is 5.76. The van der Waals surface area contributed by atoms with Gasteiger partial charge in [0.05, 0.1) is 4.99 Å². The van der Waals surface area contributed by atoms with Gasteiger partial charge in [0.15, 0.2) is 0 Å². The van der Waals surface area contributed by atoms with Gasteiger partial charge >= 0.3 is 0 Å². The Balaban J connectivity index is 1.92. The second-order valence-corrected chi connectivity index (χ2v) is 6.42. The molecule has 94 valence electrons. The zero-order valence-corrected chi connectivity index (χ0v) is 11.9. The Morgan fingerprint density at radius 3 is 2.94 bits per heavy atom. The standard InChI is InChI=1S/C13H20N2S2/c1-2-11-5-6-12(17-11)9-15-7-3-4-10(8-15)13(14)16/h5-6,10H,2-4,7-9H2,1H3,(H2,14,16). The molecule has 2 rings (SSSR count). The number of thiophene rings is 1. The summed E-state index contributed by atoms with van der Waals surface area (Å²) in [5.41, 5.74) is 5.76. The molecular weight excluding hydrogens is 248 g/mol. The van der Waals surface area contributed by atoms with Gasteiger partial charge in [-0.3, -0.25) is 4.90 Å². The summed E-state index contributed by atoms with van der Waals surface area (Å²) in [5.74, 6) is 0.421.